The van der Waals surface area contributed by atoms with Gasteiger partial charge in [0, 0.05) is 11.8 Å². The number of nitro benzene ring substituents is 1. The van der Waals surface area contributed by atoms with Crippen molar-refractivity contribution >= 4 is 33.4 Å². The van der Waals surface area contributed by atoms with Crippen LogP contribution in [0.2, 0.25) is 0 Å². The lowest BCUT2D eigenvalue weighted by Gasteiger charge is -2.04. The molecule has 0 aliphatic heterocycles. The topological polar surface area (TPSA) is 56.3 Å². The average molecular weight is 328 g/mol. The minimum absolute atomic E-state index is 0.103. The minimum atomic E-state index is -0.384. The quantitative estimate of drug-likeness (QED) is 0.603. The van der Waals surface area contributed by atoms with Gasteiger partial charge >= 0.3 is 0 Å². The molecule has 18 heavy (non-hydrogen) atoms. The molecule has 0 aliphatic carbocycles. The van der Waals surface area contributed by atoms with Gasteiger partial charge in [-0.2, -0.15) is 0 Å². The lowest BCUT2D eigenvalue weighted by Crippen LogP contribution is -1.92. The van der Waals surface area contributed by atoms with E-state index >= 15 is 0 Å². The normalized spacial score (nSPS) is 10.5. The number of furan rings is 1. The van der Waals surface area contributed by atoms with E-state index in [9.17, 15) is 10.1 Å². The molecule has 4 nitrogen and oxygen atoms in total. The second-order valence-corrected chi connectivity index (χ2v) is 5.36. The molecule has 1 aromatic carbocycles. The van der Waals surface area contributed by atoms with Crippen LogP contribution in [0, 0.1) is 10.1 Å². The van der Waals surface area contributed by atoms with E-state index in [4.69, 9.17) is 4.42 Å². The Morgan fingerprint density at radius 3 is 2.78 bits per heavy atom. The second-order valence-electron chi connectivity index (χ2n) is 3.58. The molecule has 0 unspecified atom stereocenters. The molecule has 0 bridgehead atoms. The Morgan fingerprint density at radius 1 is 1.28 bits per heavy atom. The highest BCUT2D eigenvalue weighted by atomic mass is 79.9. The fourth-order valence-corrected chi connectivity index (χ4v) is 3.14. The second kappa shape index (κ2) is 6.06. The molecule has 0 aliphatic rings. The molecule has 94 valence electrons. The van der Waals surface area contributed by atoms with Crippen LogP contribution in [0.5, 0.6) is 0 Å². The molecule has 0 radical (unpaired) electrons. The third-order valence-corrected chi connectivity index (χ3v) is 4.26. The van der Waals surface area contributed by atoms with Gasteiger partial charge in [0.2, 0.25) is 0 Å². The average Bonchev–Trinajstić information content (AvgIpc) is 2.84. The van der Waals surface area contributed by atoms with Crippen molar-refractivity contribution in [1.29, 1.82) is 0 Å². The van der Waals surface area contributed by atoms with Crippen LogP contribution in [0.3, 0.4) is 0 Å². The maximum absolute atomic E-state index is 10.8. The Hall–Kier alpha value is -1.27. The van der Waals surface area contributed by atoms with E-state index in [0.29, 0.717) is 10.2 Å². The minimum Gasteiger partial charge on any atom is -0.468 e. The predicted octanol–water partition coefficient (Wildman–Crippen LogP) is 4.38. The summed E-state index contributed by atoms with van der Waals surface area (Å²) in [5.41, 5.74) is 1.02. The highest BCUT2D eigenvalue weighted by Crippen LogP contribution is 2.31. The summed E-state index contributed by atoms with van der Waals surface area (Å²) in [4.78, 5) is 10.4. The summed E-state index contributed by atoms with van der Waals surface area (Å²) in [5, 5.41) is 10.8. The third kappa shape index (κ3) is 3.14. The third-order valence-electron chi connectivity index (χ3n) is 2.34. The lowest BCUT2D eigenvalue weighted by atomic mass is 10.2. The highest BCUT2D eigenvalue weighted by molar-refractivity contribution is 9.10. The first-order valence-corrected chi connectivity index (χ1v) is 7.15. The maximum Gasteiger partial charge on any atom is 0.283 e. The Labute approximate surface area is 117 Å². The van der Waals surface area contributed by atoms with Crippen LogP contribution in [0.4, 0.5) is 5.69 Å². The van der Waals surface area contributed by atoms with Crippen LogP contribution >= 0.6 is 27.7 Å². The Balaban J connectivity index is 2.01. The Kier molecular flexibility index (Phi) is 4.43. The molecule has 1 heterocycles. The van der Waals surface area contributed by atoms with Gasteiger partial charge in [-0.05, 0) is 33.6 Å². The van der Waals surface area contributed by atoms with Crippen molar-refractivity contribution in [2.45, 2.75) is 11.5 Å². The van der Waals surface area contributed by atoms with Gasteiger partial charge in [-0.25, -0.2) is 0 Å². The Bertz CT molecular complexity index is 542. The zero-order valence-corrected chi connectivity index (χ0v) is 11.7. The van der Waals surface area contributed by atoms with Crippen molar-refractivity contribution in [3.8, 4) is 0 Å². The van der Waals surface area contributed by atoms with Crippen LogP contribution in [-0.4, -0.2) is 4.92 Å². The summed E-state index contributed by atoms with van der Waals surface area (Å²) in [5.74, 6) is 2.35. The van der Waals surface area contributed by atoms with Gasteiger partial charge in [0.1, 0.15) is 5.76 Å². The first kappa shape index (κ1) is 13.2. The number of thioether (sulfide) groups is 1. The SMILES string of the molecule is O=[N+]([O-])c1cccc(CSCc2ccco2)c1Br. The van der Waals surface area contributed by atoms with Crippen molar-refractivity contribution in [3.05, 3.63) is 62.5 Å². The van der Waals surface area contributed by atoms with Crippen molar-refractivity contribution in [3.63, 3.8) is 0 Å². The standard InChI is InChI=1S/C12H10BrNO3S/c13-12-9(3-1-5-11(12)14(15)16)7-18-8-10-4-2-6-17-10/h1-6H,7-8H2. The van der Waals surface area contributed by atoms with Crippen molar-refractivity contribution in [2.24, 2.45) is 0 Å². The van der Waals surface area contributed by atoms with E-state index in [1.54, 1.807) is 24.1 Å². The van der Waals surface area contributed by atoms with E-state index in [0.717, 1.165) is 17.1 Å². The largest absolute Gasteiger partial charge is 0.468 e. The first-order chi connectivity index (χ1) is 8.68. The van der Waals surface area contributed by atoms with Crippen molar-refractivity contribution < 1.29 is 9.34 Å². The molecule has 0 saturated carbocycles. The number of nitrogens with zero attached hydrogens (tertiary/aromatic N) is 1. The van der Waals surface area contributed by atoms with Gasteiger partial charge in [0.05, 0.1) is 21.4 Å². The highest BCUT2D eigenvalue weighted by Gasteiger charge is 2.14. The van der Waals surface area contributed by atoms with Crippen LogP contribution < -0.4 is 0 Å². The molecule has 2 aromatic rings. The van der Waals surface area contributed by atoms with Gasteiger partial charge in [0.25, 0.3) is 5.69 Å². The maximum atomic E-state index is 10.8. The van der Waals surface area contributed by atoms with Gasteiger partial charge in [-0.1, -0.05) is 12.1 Å². The summed E-state index contributed by atoms with van der Waals surface area (Å²) < 4.78 is 5.78. The van der Waals surface area contributed by atoms with Gasteiger partial charge in [0.15, 0.2) is 0 Å². The van der Waals surface area contributed by atoms with E-state index in [1.165, 1.54) is 6.07 Å². The van der Waals surface area contributed by atoms with E-state index in [1.807, 2.05) is 18.2 Å². The predicted molar refractivity (Wildman–Crippen MR) is 74.5 cm³/mol. The summed E-state index contributed by atoms with van der Waals surface area (Å²) in [6.45, 7) is 0. The summed E-state index contributed by atoms with van der Waals surface area (Å²) in [7, 11) is 0. The van der Waals surface area contributed by atoms with Crippen LogP contribution in [0.1, 0.15) is 11.3 Å². The number of rotatable bonds is 5. The Morgan fingerprint density at radius 2 is 2.11 bits per heavy atom. The van der Waals surface area contributed by atoms with Gasteiger partial charge in [-0.3, -0.25) is 10.1 Å². The van der Waals surface area contributed by atoms with Gasteiger partial charge in [-0.15, -0.1) is 11.8 Å². The lowest BCUT2D eigenvalue weighted by molar-refractivity contribution is -0.385. The van der Waals surface area contributed by atoms with Crippen molar-refractivity contribution in [1.82, 2.24) is 0 Å². The fourth-order valence-electron chi connectivity index (χ4n) is 1.48. The van der Waals surface area contributed by atoms with Crippen LogP contribution in [0.25, 0.3) is 0 Å². The van der Waals surface area contributed by atoms with Gasteiger partial charge < -0.3 is 4.42 Å². The summed E-state index contributed by atoms with van der Waals surface area (Å²) in [6, 6.07) is 8.83. The first-order valence-electron chi connectivity index (χ1n) is 5.20. The molecule has 0 N–H and O–H groups in total. The zero-order chi connectivity index (χ0) is 13.0. The smallest absolute Gasteiger partial charge is 0.283 e. The molecule has 1 aromatic heterocycles. The molecule has 0 spiro atoms. The molecule has 0 atom stereocenters. The van der Waals surface area contributed by atoms with E-state index in [-0.39, 0.29) is 10.6 Å². The van der Waals surface area contributed by atoms with Crippen LogP contribution in [-0.2, 0) is 11.5 Å². The molecule has 0 fully saturated rings. The number of halogens is 1. The number of nitro groups is 1. The molecule has 2 rings (SSSR count). The molecule has 0 amide bonds. The van der Waals surface area contributed by atoms with E-state index in [2.05, 4.69) is 15.9 Å². The zero-order valence-electron chi connectivity index (χ0n) is 9.34. The molecular weight excluding hydrogens is 318 g/mol. The fraction of sp³-hybridized carbons (Fsp3) is 0.167. The van der Waals surface area contributed by atoms with E-state index < -0.39 is 0 Å². The monoisotopic (exact) mass is 327 g/mol. The molecule has 0 saturated heterocycles. The summed E-state index contributed by atoms with van der Waals surface area (Å²) in [6.07, 6.45) is 1.64. The number of hydrogen-bond donors (Lipinski definition) is 0. The summed E-state index contributed by atoms with van der Waals surface area (Å²) >= 11 is 4.93. The van der Waals surface area contributed by atoms with Crippen molar-refractivity contribution in [2.75, 3.05) is 0 Å². The molecular formula is C12H10BrNO3S. The number of hydrogen-bond acceptors (Lipinski definition) is 4. The number of benzene rings is 1. The molecule has 6 heteroatoms. The van der Waals surface area contributed by atoms with Crippen LogP contribution in [0.15, 0.2) is 45.5 Å².